The van der Waals surface area contributed by atoms with Gasteiger partial charge in [-0.15, -0.1) is 0 Å². The number of anilines is 1. The molecule has 4 rings (SSSR count). The predicted octanol–water partition coefficient (Wildman–Crippen LogP) is 4.71. The molecule has 1 aromatic heterocycles. The summed E-state index contributed by atoms with van der Waals surface area (Å²) in [5, 5.41) is 4.02. The topological polar surface area (TPSA) is 68.5 Å². The van der Waals surface area contributed by atoms with Crippen LogP contribution in [0.15, 0.2) is 47.0 Å². The highest BCUT2D eigenvalue weighted by molar-refractivity contribution is 5.96. The zero-order chi connectivity index (χ0) is 21.1. The number of halogens is 2. The maximum atomic E-state index is 13.5. The number of amides is 1. The van der Waals surface area contributed by atoms with Crippen LogP contribution in [-0.4, -0.2) is 29.2 Å². The fraction of sp³-hybridized carbons (Fsp3) is 0.318. The first-order valence-electron chi connectivity index (χ1n) is 9.87. The van der Waals surface area contributed by atoms with Crippen LogP contribution in [0.25, 0.3) is 11.4 Å². The van der Waals surface area contributed by atoms with E-state index in [9.17, 15) is 13.6 Å². The molecular weight excluding hydrogens is 392 g/mol. The van der Waals surface area contributed by atoms with Crippen molar-refractivity contribution in [2.45, 2.75) is 32.1 Å². The van der Waals surface area contributed by atoms with Gasteiger partial charge in [0.15, 0.2) is 11.6 Å². The zero-order valence-corrected chi connectivity index (χ0v) is 16.5. The molecule has 0 aliphatic carbocycles. The fourth-order valence-corrected chi connectivity index (χ4v) is 3.33. The highest BCUT2D eigenvalue weighted by Gasteiger charge is 2.35. The van der Waals surface area contributed by atoms with E-state index in [2.05, 4.69) is 17.1 Å². The number of nitrogens with zero attached hydrogens (tertiary/aromatic N) is 3. The van der Waals surface area contributed by atoms with Crippen LogP contribution in [0.2, 0.25) is 0 Å². The van der Waals surface area contributed by atoms with E-state index in [1.54, 1.807) is 0 Å². The Kier molecular flexibility index (Phi) is 5.74. The van der Waals surface area contributed by atoms with Crippen LogP contribution in [0, 0.1) is 11.6 Å². The molecule has 30 heavy (non-hydrogen) atoms. The normalized spacial score (nSPS) is 16.3. The number of aromatic nitrogens is 2. The van der Waals surface area contributed by atoms with Gasteiger partial charge < -0.3 is 14.2 Å². The van der Waals surface area contributed by atoms with Gasteiger partial charge in [-0.05, 0) is 42.8 Å². The molecule has 2 aromatic carbocycles. The van der Waals surface area contributed by atoms with Crippen molar-refractivity contribution in [3.8, 4) is 17.1 Å². The Morgan fingerprint density at radius 1 is 1.17 bits per heavy atom. The molecule has 1 fully saturated rings. The number of carbonyl (C=O) groups is 1. The van der Waals surface area contributed by atoms with E-state index < -0.39 is 11.6 Å². The van der Waals surface area contributed by atoms with Crippen molar-refractivity contribution in [2.75, 3.05) is 18.1 Å². The van der Waals surface area contributed by atoms with Crippen molar-refractivity contribution in [1.29, 1.82) is 0 Å². The molecule has 156 valence electrons. The number of unbranched alkanes of at least 4 members (excludes halogenated alkanes) is 1. The molecule has 1 saturated heterocycles. The molecule has 0 spiro atoms. The lowest BCUT2D eigenvalue weighted by atomic mass is 10.1. The van der Waals surface area contributed by atoms with E-state index in [-0.39, 0.29) is 24.8 Å². The molecule has 1 aliphatic rings. The molecule has 1 unspecified atom stereocenters. The maximum Gasteiger partial charge on any atom is 0.232 e. The van der Waals surface area contributed by atoms with Gasteiger partial charge in [0.1, 0.15) is 5.75 Å². The van der Waals surface area contributed by atoms with Gasteiger partial charge in [-0.1, -0.05) is 18.5 Å². The van der Waals surface area contributed by atoms with E-state index in [1.807, 2.05) is 24.3 Å². The van der Waals surface area contributed by atoms with Crippen molar-refractivity contribution >= 4 is 11.6 Å². The first kappa shape index (κ1) is 20.0. The summed E-state index contributed by atoms with van der Waals surface area (Å²) in [6.07, 6.45) is 2.23. The molecule has 0 N–H and O–H groups in total. The minimum atomic E-state index is -0.994. The Bertz CT molecular complexity index is 1040. The van der Waals surface area contributed by atoms with E-state index in [4.69, 9.17) is 9.26 Å². The Morgan fingerprint density at radius 2 is 1.97 bits per heavy atom. The van der Waals surface area contributed by atoms with Crippen LogP contribution < -0.4 is 9.64 Å². The molecule has 2 heterocycles. The van der Waals surface area contributed by atoms with Crippen molar-refractivity contribution in [3.63, 3.8) is 0 Å². The molecule has 6 nitrogen and oxygen atoms in total. The Balaban J connectivity index is 1.45. The summed E-state index contributed by atoms with van der Waals surface area (Å²) in [6, 6.07) is 10.8. The van der Waals surface area contributed by atoms with Gasteiger partial charge in [-0.3, -0.25) is 4.79 Å². The highest BCUT2D eigenvalue weighted by Crippen LogP contribution is 2.32. The second-order valence-electron chi connectivity index (χ2n) is 7.19. The number of benzene rings is 2. The molecule has 1 atom stereocenters. The summed E-state index contributed by atoms with van der Waals surface area (Å²) in [6.45, 7) is 3.04. The summed E-state index contributed by atoms with van der Waals surface area (Å²) in [5.41, 5.74) is 1.08. The van der Waals surface area contributed by atoms with Gasteiger partial charge in [0.2, 0.25) is 17.6 Å². The van der Waals surface area contributed by atoms with Gasteiger partial charge in [-0.25, -0.2) is 8.78 Å². The average molecular weight is 413 g/mol. The molecule has 0 radical (unpaired) electrons. The predicted molar refractivity (Wildman–Crippen MR) is 106 cm³/mol. The van der Waals surface area contributed by atoms with E-state index in [1.165, 1.54) is 11.0 Å². The SMILES string of the molecule is CCCCOc1ccc(-c2noc(C3CC(=O)N(c4ccc(F)c(F)c4)C3)n2)cc1. The number of ether oxygens (including phenoxy) is 1. The smallest absolute Gasteiger partial charge is 0.232 e. The zero-order valence-electron chi connectivity index (χ0n) is 16.5. The fourth-order valence-electron chi connectivity index (χ4n) is 3.33. The molecule has 1 aliphatic heterocycles. The number of rotatable bonds is 7. The van der Waals surface area contributed by atoms with E-state index in [0.29, 0.717) is 24.0 Å². The van der Waals surface area contributed by atoms with Crippen molar-refractivity contribution in [2.24, 2.45) is 0 Å². The third-order valence-electron chi connectivity index (χ3n) is 5.01. The third kappa shape index (κ3) is 4.17. The van der Waals surface area contributed by atoms with E-state index >= 15 is 0 Å². The lowest BCUT2D eigenvalue weighted by Crippen LogP contribution is -2.24. The molecule has 0 bridgehead atoms. The van der Waals surface area contributed by atoms with Crippen LogP contribution in [-0.2, 0) is 4.79 Å². The molecule has 1 amide bonds. The number of hydrogen-bond donors (Lipinski definition) is 0. The Morgan fingerprint density at radius 3 is 2.70 bits per heavy atom. The van der Waals surface area contributed by atoms with Gasteiger partial charge in [0.05, 0.1) is 12.5 Å². The molecule has 0 saturated carbocycles. The second-order valence-corrected chi connectivity index (χ2v) is 7.19. The lowest BCUT2D eigenvalue weighted by molar-refractivity contribution is -0.117. The number of carbonyl (C=O) groups excluding carboxylic acids is 1. The van der Waals surface area contributed by atoms with Crippen molar-refractivity contribution < 1.29 is 22.8 Å². The van der Waals surface area contributed by atoms with Crippen molar-refractivity contribution in [1.82, 2.24) is 10.1 Å². The van der Waals surface area contributed by atoms with Crippen molar-refractivity contribution in [3.05, 3.63) is 60.0 Å². The van der Waals surface area contributed by atoms with Crippen LogP contribution >= 0.6 is 0 Å². The largest absolute Gasteiger partial charge is 0.494 e. The van der Waals surface area contributed by atoms with Crippen LogP contribution in [0.3, 0.4) is 0 Å². The first-order chi connectivity index (χ1) is 14.5. The van der Waals surface area contributed by atoms with Crippen LogP contribution in [0.1, 0.15) is 38.0 Å². The maximum absolute atomic E-state index is 13.5. The Hall–Kier alpha value is -3.29. The van der Waals surface area contributed by atoms with Gasteiger partial charge >= 0.3 is 0 Å². The van der Waals surface area contributed by atoms with Crippen LogP contribution in [0.5, 0.6) is 5.75 Å². The van der Waals surface area contributed by atoms with Gasteiger partial charge in [0.25, 0.3) is 0 Å². The highest BCUT2D eigenvalue weighted by atomic mass is 19.2. The van der Waals surface area contributed by atoms with E-state index in [0.717, 1.165) is 36.3 Å². The van der Waals surface area contributed by atoms with Gasteiger partial charge in [-0.2, -0.15) is 4.98 Å². The summed E-state index contributed by atoms with van der Waals surface area (Å²) >= 11 is 0. The molecular formula is C22H21F2N3O3. The number of hydrogen-bond acceptors (Lipinski definition) is 5. The summed E-state index contributed by atoms with van der Waals surface area (Å²) in [4.78, 5) is 18.2. The monoisotopic (exact) mass is 413 g/mol. The third-order valence-corrected chi connectivity index (χ3v) is 5.01. The quantitative estimate of drug-likeness (QED) is 0.525. The first-order valence-corrected chi connectivity index (χ1v) is 9.87. The molecule has 3 aromatic rings. The minimum absolute atomic E-state index is 0.158. The Labute approximate surface area is 172 Å². The van der Waals surface area contributed by atoms with Crippen LogP contribution in [0.4, 0.5) is 14.5 Å². The summed E-state index contributed by atoms with van der Waals surface area (Å²) < 4.78 is 37.7. The second kappa shape index (κ2) is 8.61. The summed E-state index contributed by atoms with van der Waals surface area (Å²) in [7, 11) is 0. The molecule has 8 heteroatoms. The average Bonchev–Trinajstić information content (AvgIpc) is 3.38. The minimum Gasteiger partial charge on any atom is -0.494 e. The summed E-state index contributed by atoms with van der Waals surface area (Å²) in [5.74, 6) is -0.936. The lowest BCUT2D eigenvalue weighted by Gasteiger charge is -2.16. The van der Waals surface area contributed by atoms with Gasteiger partial charge in [0, 0.05) is 30.3 Å². The standard InChI is InChI=1S/C22H21F2N3O3/c1-2-3-10-29-17-7-4-14(5-8-17)21-25-22(30-26-21)15-11-20(28)27(13-15)16-6-9-18(23)19(24)12-16/h4-9,12,15H,2-3,10-11,13H2,1H3.